The van der Waals surface area contributed by atoms with Gasteiger partial charge >= 0.3 is 0 Å². The summed E-state index contributed by atoms with van der Waals surface area (Å²) >= 11 is 0. The molecule has 0 aliphatic carbocycles. The van der Waals surface area contributed by atoms with E-state index in [2.05, 4.69) is 0 Å². The van der Waals surface area contributed by atoms with Gasteiger partial charge in [-0.25, -0.2) is 0 Å². The lowest BCUT2D eigenvalue weighted by Gasteiger charge is -1.98. The van der Waals surface area contributed by atoms with Gasteiger partial charge in [-0.1, -0.05) is 0 Å². The molecule has 0 amide bonds. The molecular formula is C10H10O3. The van der Waals surface area contributed by atoms with Crippen LogP contribution in [-0.2, 0) is 18.0 Å². The highest BCUT2D eigenvalue weighted by atomic mass is 16.5. The van der Waals surface area contributed by atoms with Gasteiger partial charge in [-0.15, -0.1) is 0 Å². The summed E-state index contributed by atoms with van der Waals surface area (Å²) in [6, 6.07) is 7.43. The van der Waals surface area contributed by atoms with Gasteiger partial charge in [-0.2, -0.15) is 0 Å². The van der Waals surface area contributed by atoms with E-state index in [1.54, 1.807) is 12.5 Å². The molecule has 0 saturated carbocycles. The number of rotatable bonds is 4. The minimum absolute atomic E-state index is 0.480. The Hall–Kier alpha value is -1.48. The van der Waals surface area contributed by atoms with Gasteiger partial charge < -0.3 is 13.6 Å². The largest absolute Gasteiger partial charge is 0.467 e. The van der Waals surface area contributed by atoms with E-state index in [1.807, 2.05) is 24.3 Å². The molecule has 0 unspecified atom stereocenters. The molecule has 0 aliphatic heterocycles. The third-order valence-corrected chi connectivity index (χ3v) is 1.65. The second-order valence-electron chi connectivity index (χ2n) is 2.65. The van der Waals surface area contributed by atoms with Crippen LogP contribution in [0.1, 0.15) is 11.5 Å². The smallest absolute Gasteiger partial charge is 0.129 e. The van der Waals surface area contributed by atoms with Crippen molar-refractivity contribution in [3.05, 3.63) is 48.3 Å². The topological polar surface area (TPSA) is 35.5 Å². The third kappa shape index (κ3) is 2.23. The second kappa shape index (κ2) is 3.96. The first-order valence-electron chi connectivity index (χ1n) is 4.07. The molecule has 0 spiro atoms. The summed E-state index contributed by atoms with van der Waals surface area (Å²) in [7, 11) is 0. The van der Waals surface area contributed by atoms with Crippen molar-refractivity contribution in [2.24, 2.45) is 0 Å². The average molecular weight is 178 g/mol. The zero-order valence-corrected chi connectivity index (χ0v) is 7.10. The molecule has 2 aromatic heterocycles. The Morgan fingerprint density at radius 2 is 1.46 bits per heavy atom. The van der Waals surface area contributed by atoms with Crippen LogP contribution in [-0.4, -0.2) is 0 Å². The highest BCUT2D eigenvalue weighted by molar-refractivity contribution is 4.98. The first kappa shape index (κ1) is 8.13. The lowest BCUT2D eigenvalue weighted by molar-refractivity contribution is 0.0803. The van der Waals surface area contributed by atoms with Crippen LogP contribution >= 0.6 is 0 Å². The number of furan rings is 2. The van der Waals surface area contributed by atoms with Gasteiger partial charge in [0.2, 0.25) is 0 Å². The Bertz CT molecular complexity index is 287. The normalized spacial score (nSPS) is 10.5. The van der Waals surface area contributed by atoms with E-state index in [0.717, 1.165) is 11.5 Å². The zero-order chi connectivity index (χ0) is 8.93. The van der Waals surface area contributed by atoms with Gasteiger partial charge in [0.25, 0.3) is 0 Å². The summed E-state index contributed by atoms with van der Waals surface area (Å²) in [6.45, 7) is 0.960. The summed E-state index contributed by atoms with van der Waals surface area (Å²) in [6.07, 6.45) is 3.26. The second-order valence-corrected chi connectivity index (χ2v) is 2.65. The highest BCUT2D eigenvalue weighted by Crippen LogP contribution is 2.06. The number of ether oxygens (including phenoxy) is 1. The van der Waals surface area contributed by atoms with Crippen LogP contribution in [0.25, 0.3) is 0 Å². The van der Waals surface area contributed by atoms with Gasteiger partial charge in [0, 0.05) is 0 Å². The van der Waals surface area contributed by atoms with Crippen molar-refractivity contribution in [3.8, 4) is 0 Å². The number of hydrogen-bond acceptors (Lipinski definition) is 3. The summed E-state index contributed by atoms with van der Waals surface area (Å²) < 4.78 is 15.5. The van der Waals surface area contributed by atoms with Crippen LogP contribution in [0.15, 0.2) is 45.6 Å². The van der Waals surface area contributed by atoms with Gasteiger partial charge in [0.1, 0.15) is 24.7 Å². The van der Waals surface area contributed by atoms with Crippen LogP contribution in [0, 0.1) is 0 Å². The molecule has 13 heavy (non-hydrogen) atoms. The number of hydrogen-bond donors (Lipinski definition) is 0. The fraction of sp³-hybridized carbons (Fsp3) is 0.200. The predicted molar refractivity (Wildman–Crippen MR) is 45.9 cm³/mol. The molecule has 68 valence electrons. The van der Waals surface area contributed by atoms with Gasteiger partial charge in [-0.3, -0.25) is 0 Å². The molecule has 3 nitrogen and oxygen atoms in total. The molecule has 0 aromatic carbocycles. The van der Waals surface area contributed by atoms with Crippen molar-refractivity contribution >= 4 is 0 Å². The van der Waals surface area contributed by atoms with Crippen LogP contribution in [0.2, 0.25) is 0 Å². The van der Waals surface area contributed by atoms with Gasteiger partial charge in [0.15, 0.2) is 0 Å². The van der Waals surface area contributed by atoms with E-state index in [-0.39, 0.29) is 0 Å². The lowest BCUT2D eigenvalue weighted by atomic mass is 10.4. The molecule has 3 heteroatoms. The van der Waals surface area contributed by atoms with E-state index in [4.69, 9.17) is 13.6 Å². The fourth-order valence-corrected chi connectivity index (χ4v) is 1.04. The fourth-order valence-electron chi connectivity index (χ4n) is 1.04. The SMILES string of the molecule is c1coc(COCc2ccco2)c1. The lowest BCUT2D eigenvalue weighted by Crippen LogP contribution is -1.90. The molecule has 0 bridgehead atoms. The molecule has 0 aliphatic rings. The highest BCUT2D eigenvalue weighted by Gasteiger charge is 1.97. The molecule has 2 rings (SSSR count). The third-order valence-electron chi connectivity index (χ3n) is 1.65. The molecule has 0 saturated heterocycles. The first-order chi connectivity index (χ1) is 6.45. The monoisotopic (exact) mass is 178 g/mol. The minimum atomic E-state index is 0.480. The predicted octanol–water partition coefficient (Wildman–Crippen LogP) is 2.59. The molecule has 0 atom stereocenters. The average Bonchev–Trinajstić information content (AvgIpc) is 2.75. The zero-order valence-electron chi connectivity index (χ0n) is 7.10. The summed E-state index contributed by atoms with van der Waals surface area (Å²) in [4.78, 5) is 0. The van der Waals surface area contributed by atoms with Crippen molar-refractivity contribution < 1.29 is 13.6 Å². The van der Waals surface area contributed by atoms with Gasteiger partial charge in [0.05, 0.1) is 12.5 Å². The van der Waals surface area contributed by atoms with Crippen molar-refractivity contribution in [1.82, 2.24) is 0 Å². The van der Waals surface area contributed by atoms with Crippen molar-refractivity contribution in [2.75, 3.05) is 0 Å². The van der Waals surface area contributed by atoms with E-state index in [0.29, 0.717) is 13.2 Å². The Kier molecular flexibility index (Phi) is 2.48. The first-order valence-corrected chi connectivity index (χ1v) is 4.07. The molecule has 0 fully saturated rings. The van der Waals surface area contributed by atoms with Crippen LogP contribution < -0.4 is 0 Å². The maximum Gasteiger partial charge on any atom is 0.129 e. The van der Waals surface area contributed by atoms with Crippen molar-refractivity contribution in [1.29, 1.82) is 0 Å². The Balaban J connectivity index is 1.76. The van der Waals surface area contributed by atoms with Gasteiger partial charge in [-0.05, 0) is 24.3 Å². The Morgan fingerprint density at radius 1 is 0.923 bits per heavy atom. The summed E-state index contributed by atoms with van der Waals surface area (Å²) in [5.74, 6) is 1.65. The van der Waals surface area contributed by atoms with Crippen LogP contribution in [0.4, 0.5) is 0 Å². The molecule has 2 heterocycles. The summed E-state index contributed by atoms with van der Waals surface area (Å²) in [5, 5.41) is 0. The molecule has 2 aromatic rings. The Labute approximate surface area is 75.9 Å². The van der Waals surface area contributed by atoms with E-state index in [1.165, 1.54) is 0 Å². The van der Waals surface area contributed by atoms with Crippen molar-refractivity contribution in [2.45, 2.75) is 13.2 Å². The maximum atomic E-state index is 5.33. The van der Waals surface area contributed by atoms with Crippen LogP contribution in [0.5, 0.6) is 0 Å². The summed E-state index contributed by atoms with van der Waals surface area (Å²) in [5.41, 5.74) is 0. The Morgan fingerprint density at radius 3 is 1.85 bits per heavy atom. The standard InChI is InChI=1S/C10H10O3/c1-3-9(12-5-1)7-11-8-10-4-2-6-13-10/h1-6H,7-8H2. The maximum absolute atomic E-state index is 5.33. The molecule has 0 radical (unpaired) electrons. The quantitative estimate of drug-likeness (QED) is 0.721. The molecule has 0 N–H and O–H groups in total. The van der Waals surface area contributed by atoms with E-state index in [9.17, 15) is 0 Å². The van der Waals surface area contributed by atoms with E-state index >= 15 is 0 Å². The van der Waals surface area contributed by atoms with Crippen LogP contribution in [0.3, 0.4) is 0 Å². The minimum Gasteiger partial charge on any atom is -0.467 e. The van der Waals surface area contributed by atoms with E-state index < -0.39 is 0 Å². The van der Waals surface area contributed by atoms with Crippen molar-refractivity contribution in [3.63, 3.8) is 0 Å². The molecular weight excluding hydrogens is 168 g/mol.